The third-order valence-electron chi connectivity index (χ3n) is 4.33. The standard InChI is InChI=1S/C18H28N2O5S/c1-15-4-6-17(7-5-15)25-11-3-9-19-18(21)20(10-12-24-2)16-8-13-26(22,23)14-16/h4-7,16H,3,8-14H2,1-2H3,(H,19,21). The zero-order valence-corrected chi connectivity index (χ0v) is 16.3. The zero-order chi connectivity index (χ0) is 19.0. The van der Waals surface area contributed by atoms with Crippen LogP contribution in [0.15, 0.2) is 24.3 Å². The van der Waals surface area contributed by atoms with E-state index < -0.39 is 9.84 Å². The van der Waals surface area contributed by atoms with Crippen LogP contribution in [0.5, 0.6) is 5.75 Å². The van der Waals surface area contributed by atoms with E-state index in [1.165, 1.54) is 5.56 Å². The predicted octanol–water partition coefficient (Wildman–Crippen LogP) is 1.61. The molecule has 7 nitrogen and oxygen atoms in total. The van der Waals surface area contributed by atoms with Gasteiger partial charge in [-0.15, -0.1) is 0 Å². The van der Waals surface area contributed by atoms with E-state index in [2.05, 4.69) is 5.32 Å². The van der Waals surface area contributed by atoms with Crippen LogP contribution < -0.4 is 10.1 Å². The third kappa shape index (κ3) is 6.49. The lowest BCUT2D eigenvalue weighted by molar-refractivity contribution is 0.133. The first kappa shape index (κ1) is 20.5. The molecular formula is C18H28N2O5S. The van der Waals surface area contributed by atoms with Gasteiger partial charge in [-0.1, -0.05) is 17.7 Å². The highest BCUT2D eigenvalue weighted by molar-refractivity contribution is 7.91. The summed E-state index contributed by atoms with van der Waals surface area (Å²) in [5.41, 5.74) is 1.18. The number of nitrogens with one attached hydrogen (secondary N) is 1. The first-order valence-electron chi connectivity index (χ1n) is 8.84. The molecule has 0 saturated carbocycles. The summed E-state index contributed by atoms with van der Waals surface area (Å²) in [5.74, 6) is 0.972. The Kier molecular flexibility index (Phi) is 7.71. The van der Waals surface area contributed by atoms with Gasteiger partial charge in [0.25, 0.3) is 0 Å². The Morgan fingerprint density at radius 2 is 2.00 bits per heavy atom. The van der Waals surface area contributed by atoms with Crippen molar-refractivity contribution in [1.82, 2.24) is 10.2 Å². The SMILES string of the molecule is COCCN(C(=O)NCCCOc1ccc(C)cc1)C1CCS(=O)(=O)C1. The van der Waals surface area contributed by atoms with Crippen LogP contribution in [0.25, 0.3) is 0 Å². The largest absolute Gasteiger partial charge is 0.494 e. The van der Waals surface area contributed by atoms with E-state index in [-0.39, 0.29) is 23.6 Å². The molecular weight excluding hydrogens is 356 g/mol. The van der Waals surface area contributed by atoms with Crippen molar-refractivity contribution in [3.63, 3.8) is 0 Å². The second kappa shape index (κ2) is 9.78. The smallest absolute Gasteiger partial charge is 0.317 e. The summed E-state index contributed by atoms with van der Waals surface area (Å²) in [6.07, 6.45) is 1.15. The molecule has 146 valence electrons. The van der Waals surface area contributed by atoms with E-state index in [9.17, 15) is 13.2 Å². The minimum Gasteiger partial charge on any atom is -0.494 e. The van der Waals surface area contributed by atoms with Crippen LogP contribution >= 0.6 is 0 Å². The lowest BCUT2D eigenvalue weighted by Crippen LogP contribution is -2.48. The van der Waals surface area contributed by atoms with Crippen LogP contribution in [-0.2, 0) is 14.6 Å². The van der Waals surface area contributed by atoms with Crippen LogP contribution in [0.3, 0.4) is 0 Å². The quantitative estimate of drug-likeness (QED) is 0.654. The van der Waals surface area contributed by atoms with Crippen molar-refractivity contribution in [2.75, 3.05) is 44.9 Å². The van der Waals surface area contributed by atoms with Gasteiger partial charge in [0.1, 0.15) is 5.75 Å². The summed E-state index contributed by atoms with van der Waals surface area (Å²) < 4.78 is 34.1. The maximum Gasteiger partial charge on any atom is 0.317 e. The van der Waals surface area contributed by atoms with E-state index in [1.54, 1.807) is 12.0 Å². The maximum absolute atomic E-state index is 12.4. The van der Waals surface area contributed by atoms with Crippen molar-refractivity contribution in [3.8, 4) is 5.75 Å². The fourth-order valence-electron chi connectivity index (χ4n) is 2.85. The molecule has 2 amide bonds. The van der Waals surface area contributed by atoms with Crippen LogP contribution in [-0.4, -0.2) is 70.3 Å². The molecule has 26 heavy (non-hydrogen) atoms. The van der Waals surface area contributed by atoms with Crippen LogP contribution in [0.4, 0.5) is 4.79 Å². The molecule has 1 N–H and O–H groups in total. The fourth-order valence-corrected chi connectivity index (χ4v) is 4.59. The van der Waals surface area contributed by atoms with Crippen molar-refractivity contribution in [2.24, 2.45) is 0 Å². The molecule has 0 aromatic heterocycles. The fraction of sp³-hybridized carbons (Fsp3) is 0.611. The second-order valence-electron chi connectivity index (χ2n) is 6.49. The number of sulfone groups is 1. The molecule has 0 bridgehead atoms. The van der Waals surface area contributed by atoms with E-state index >= 15 is 0 Å². The molecule has 1 aliphatic rings. The van der Waals surface area contributed by atoms with Gasteiger partial charge in [0, 0.05) is 26.2 Å². The average Bonchev–Trinajstić information content (AvgIpc) is 2.96. The van der Waals surface area contributed by atoms with Gasteiger partial charge < -0.3 is 19.7 Å². The number of nitrogens with zero attached hydrogens (tertiary/aromatic N) is 1. The Labute approximate surface area is 155 Å². The molecule has 1 aromatic carbocycles. The van der Waals surface area contributed by atoms with Gasteiger partial charge in [0.15, 0.2) is 9.84 Å². The number of amides is 2. The summed E-state index contributed by atoms with van der Waals surface area (Å²) in [6.45, 7) is 3.74. The second-order valence-corrected chi connectivity index (χ2v) is 8.72. The third-order valence-corrected chi connectivity index (χ3v) is 6.08. The Bertz CT molecular complexity index is 675. The topological polar surface area (TPSA) is 84.9 Å². The van der Waals surface area contributed by atoms with Gasteiger partial charge in [-0.25, -0.2) is 13.2 Å². The molecule has 1 saturated heterocycles. The number of urea groups is 1. The number of carbonyl (C=O) groups is 1. The molecule has 0 spiro atoms. The normalized spacial score (nSPS) is 18.5. The first-order valence-corrected chi connectivity index (χ1v) is 10.7. The Hall–Kier alpha value is -1.80. The van der Waals surface area contributed by atoms with Gasteiger partial charge in [0.2, 0.25) is 0 Å². The van der Waals surface area contributed by atoms with Gasteiger partial charge >= 0.3 is 6.03 Å². The number of aryl methyl sites for hydroxylation is 1. The molecule has 1 aromatic rings. The lowest BCUT2D eigenvalue weighted by Gasteiger charge is -2.28. The van der Waals surface area contributed by atoms with Gasteiger partial charge in [0.05, 0.1) is 24.7 Å². The number of methoxy groups -OCH3 is 1. The van der Waals surface area contributed by atoms with E-state index in [0.29, 0.717) is 39.1 Å². The molecule has 8 heteroatoms. The van der Waals surface area contributed by atoms with Crippen molar-refractivity contribution < 1.29 is 22.7 Å². The summed E-state index contributed by atoms with van der Waals surface area (Å²) in [5, 5.41) is 2.85. The Morgan fingerprint density at radius 3 is 2.62 bits per heavy atom. The van der Waals surface area contributed by atoms with E-state index in [1.807, 2.05) is 31.2 Å². The molecule has 0 radical (unpaired) electrons. The van der Waals surface area contributed by atoms with Crippen molar-refractivity contribution in [3.05, 3.63) is 29.8 Å². The highest BCUT2D eigenvalue weighted by Crippen LogP contribution is 2.18. The summed E-state index contributed by atoms with van der Waals surface area (Å²) >= 11 is 0. The number of rotatable bonds is 9. The number of benzene rings is 1. The molecule has 1 aliphatic heterocycles. The molecule has 1 heterocycles. The lowest BCUT2D eigenvalue weighted by atomic mass is 10.2. The molecule has 0 aliphatic carbocycles. The number of hydrogen-bond donors (Lipinski definition) is 1. The number of hydrogen-bond acceptors (Lipinski definition) is 5. The molecule has 1 fully saturated rings. The maximum atomic E-state index is 12.4. The highest BCUT2D eigenvalue weighted by atomic mass is 32.2. The Balaban J connectivity index is 1.74. The number of carbonyl (C=O) groups excluding carboxylic acids is 1. The average molecular weight is 384 g/mol. The number of ether oxygens (including phenoxy) is 2. The zero-order valence-electron chi connectivity index (χ0n) is 15.4. The van der Waals surface area contributed by atoms with Crippen LogP contribution in [0.2, 0.25) is 0 Å². The molecule has 2 rings (SSSR count). The predicted molar refractivity (Wildman–Crippen MR) is 100 cm³/mol. The van der Waals surface area contributed by atoms with Gasteiger partial charge in [-0.2, -0.15) is 0 Å². The van der Waals surface area contributed by atoms with Gasteiger partial charge in [-0.3, -0.25) is 0 Å². The van der Waals surface area contributed by atoms with Gasteiger partial charge in [-0.05, 0) is 31.9 Å². The Morgan fingerprint density at radius 1 is 1.27 bits per heavy atom. The summed E-state index contributed by atoms with van der Waals surface area (Å²) in [4.78, 5) is 14.0. The van der Waals surface area contributed by atoms with Crippen molar-refractivity contribution in [2.45, 2.75) is 25.8 Å². The van der Waals surface area contributed by atoms with E-state index in [4.69, 9.17) is 9.47 Å². The van der Waals surface area contributed by atoms with Crippen molar-refractivity contribution >= 4 is 15.9 Å². The van der Waals surface area contributed by atoms with E-state index in [0.717, 1.165) is 5.75 Å². The van der Waals surface area contributed by atoms with Crippen molar-refractivity contribution in [1.29, 1.82) is 0 Å². The highest BCUT2D eigenvalue weighted by Gasteiger charge is 2.34. The molecule has 1 unspecified atom stereocenters. The summed E-state index contributed by atoms with van der Waals surface area (Å²) in [7, 11) is -1.48. The summed E-state index contributed by atoms with van der Waals surface area (Å²) in [6, 6.07) is 7.28. The first-order chi connectivity index (χ1) is 12.4. The molecule has 1 atom stereocenters. The monoisotopic (exact) mass is 384 g/mol. The minimum absolute atomic E-state index is 0.0284. The minimum atomic E-state index is -3.04. The van der Waals surface area contributed by atoms with Crippen LogP contribution in [0.1, 0.15) is 18.4 Å². The van der Waals surface area contributed by atoms with Crippen LogP contribution in [0, 0.1) is 6.92 Å².